The molecule has 4 nitrogen and oxygen atoms in total. The zero-order valence-electron chi connectivity index (χ0n) is 19.9. The van der Waals surface area contributed by atoms with E-state index in [-0.39, 0.29) is 5.97 Å². The number of hydrogen-bond donors (Lipinski definition) is 1. The molecule has 3 aromatic rings. The molecule has 0 aliphatic carbocycles. The van der Waals surface area contributed by atoms with Gasteiger partial charge in [-0.25, -0.2) is 4.79 Å². The fraction of sp³-hybridized carbons (Fsp3) is 0.276. The van der Waals surface area contributed by atoms with E-state index in [2.05, 4.69) is 66.8 Å². The van der Waals surface area contributed by atoms with Gasteiger partial charge in [-0.1, -0.05) is 67.6 Å². The molecule has 0 saturated heterocycles. The van der Waals surface area contributed by atoms with Crippen molar-refractivity contribution in [1.29, 1.82) is 0 Å². The van der Waals surface area contributed by atoms with Crippen LogP contribution in [0.4, 0.5) is 5.69 Å². The number of hydrogen-bond acceptors (Lipinski definition) is 4. The molecule has 0 fully saturated rings. The van der Waals surface area contributed by atoms with Gasteiger partial charge >= 0.3 is 5.97 Å². The Morgan fingerprint density at radius 3 is 2.15 bits per heavy atom. The smallest absolute Gasteiger partial charge is 0.350 e. The Kier molecular flexibility index (Phi) is 8.31. The van der Waals surface area contributed by atoms with Crippen LogP contribution in [0, 0.1) is 0 Å². The highest BCUT2D eigenvalue weighted by Gasteiger charge is 2.35. The van der Waals surface area contributed by atoms with E-state index >= 15 is 0 Å². The Morgan fingerprint density at radius 1 is 0.909 bits per heavy atom. The quantitative estimate of drug-likeness (QED) is 0.343. The van der Waals surface area contributed by atoms with E-state index in [0.29, 0.717) is 25.3 Å². The van der Waals surface area contributed by atoms with E-state index in [4.69, 9.17) is 9.47 Å². The largest absolute Gasteiger partial charge is 0.476 e. The molecule has 0 bridgehead atoms. The Bertz CT molecular complexity index is 1060. The van der Waals surface area contributed by atoms with Crippen molar-refractivity contribution in [1.82, 2.24) is 0 Å². The third-order valence-electron chi connectivity index (χ3n) is 5.74. The molecule has 0 aliphatic heterocycles. The Labute approximate surface area is 197 Å². The zero-order chi connectivity index (χ0) is 23.7. The van der Waals surface area contributed by atoms with E-state index in [1.54, 1.807) is 13.8 Å². The first-order valence-electron chi connectivity index (χ1n) is 11.5. The van der Waals surface area contributed by atoms with Crippen molar-refractivity contribution in [3.63, 3.8) is 0 Å². The van der Waals surface area contributed by atoms with Gasteiger partial charge in [0, 0.05) is 12.2 Å². The average molecular weight is 444 g/mol. The number of anilines is 1. The van der Waals surface area contributed by atoms with Gasteiger partial charge in [-0.15, -0.1) is 0 Å². The first-order chi connectivity index (χ1) is 15.9. The molecule has 0 heterocycles. The van der Waals surface area contributed by atoms with Crippen LogP contribution in [-0.4, -0.2) is 24.7 Å². The van der Waals surface area contributed by atoms with Crippen LogP contribution in [0.1, 0.15) is 39.7 Å². The van der Waals surface area contributed by atoms with Crippen LogP contribution in [-0.2, 0) is 9.53 Å². The van der Waals surface area contributed by atoms with Crippen molar-refractivity contribution in [2.24, 2.45) is 0 Å². The minimum Gasteiger partial charge on any atom is -0.476 e. The molecule has 0 radical (unpaired) electrons. The van der Waals surface area contributed by atoms with Crippen LogP contribution in [0.5, 0.6) is 5.75 Å². The van der Waals surface area contributed by atoms with Crippen molar-refractivity contribution < 1.29 is 14.3 Å². The third-order valence-corrected chi connectivity index (χ3v) is 5.74. The number of esters is 1. The average Bonchev–Trinajstić information content (AvgIpc) is 2.85. The van der Waals surface area contributed by atoms with Crippen molar-refractivity contribution >= 4 is 17.2 Å². The number of carbonyl (C=O) groups excluding carboxylic acids is 1. The number of nitrogens with one attached hydrogen (secondary N) is 1. The highest BCUT2D eigenvalue weighted by Crippen LogP contribution is 2.25. The number of rotatable bonds is 10. The molecule has 1 N–H and O–H groups in total. The second kappa shape index (κ2) is 11.4. The van der Waals surface area contributed by atoms with Gasteiger partial charge in [-0.3, -0.25) is 0 Å². The maximum atomic E-state index is 12.2. The van der Waals surface area contributed by atoms with E-state index in [1.807, 2.05) is 37.3 Å². The predicted octanol–water partition coefficient (Wildman–Crippen LogP) is 6.98. The first kappa shape index (κ1) is 24.1. The normalized spacial score (nSPS) is 13.2. The summed E-state index contributed by atoms with van der Waals surface area (Å²) in [5.74, 6) is 0.301. The molecule has 4 heteroatoms. The van der Waals surface area contributed by atoms with Crippen LogP contribution in [0.25, 0.3) is 16.7 Å². The Morgan fingerprint density at radius 2 is 1.55 bits per heavy atom. The summed E-state index contributed by atoms with van der Waals surface area (Å²) in [5, 5.41) is 3.41. The lowest BCUT2D eigenvalue weighted by molar-refractivity contribution is -0.160. The van der Waals surface area contributed by atoms with Crippen molar-refractivity contribution in [3.8, 4) is 16.9 Å². The lowest BCUT2D eigenvalue weighted by Gasteiger charge is -2.27. The highest BCUT2D eigenvalue weighted by molar-refractivity contribution is 5.79. The Hall–Kier alpha value is -3.53. The van der Waals surface area contributed by atoms with Crippen LogP contribution in [0.15, 0.2) is 84.9 Å². The van der Waals surface area contributed by atoms with Crippen molar-refractivity contribution in [2.45, 2.75) is 39.7 Å². The van der Waals surface area contributed by atoms with Crippen molar-refractivity contribution in [2.75, 3.05) is 18.5 Å². The van der Waals surface area contributed by atoms with Gasteiger partial charge in [-0.05, 0) is 73.7 Å². The topological polar surface area (TPSA) is 47.6 Å². The standard InChI is InChI=1S/C29H33NO3/c1-5-29(4,28(31)32-6-2)33-27-18-16-26(17-19-27)30-21-20-22(3)23-12-14-25(15-13-23)24-10-8-7-9-11-24/h7-20,30H,5-6,21H2,1-4H3/b22-20+/t29-/m1/s1. The van der Waals surface area contributed by atoms with E-state index in [9.17, 15) is 4.79 Å². The summed E-state index contributed by atoms with van der Waals surface area (Å²) in [6.07, 6.45) is 2.71. The van der Waals surface area contributed by atoms with E-state index in [0.717, 1.165) is 5.69 Å². The second-order valence-corrected chi connectivity index (χ2v) is 8.14. The molecule has 0 aliphatic rings. The molecule has 0 saturated carbocycles. The molecule has 33 heavy (non-hydrogen) atoms. The summed E-state index contributed by atoms with van der Waals surface area (Å²) in [7, 11) is 0. The summed E-state index contributed by atoms with van der Waals surface area (Å²) in [5.41, 5.74) is 4.87. The lowest BCUT2D eigenvalue weighted by atomic mass is 10.0. The molecule has 0 aromatic heterocycles. The summed E-state index contributed by atoms with van der Waals surface area (Å²) in [6, 6.07) is 26.7. The van der Waals surface area contributed by atoms with Crippen LogP contribution in [0.3, 0.4) is 0 Å². The summed E-state index contributed by atoms with van der Waals surface area (Å²) >= 11 is 0. The molecular weight excluding hydrogens is 410 g/mol. The summed E-state index contributed by atoms with van der Waals surface area (Å²) in [4.78, 5) is 12.2. The van der Waals surface area contributed by atoms with Crippen LogP contribution >= 0.6 is 0 Å². The molecule has 1 atom stereocenters. The lowest BCUT2D eigenvalue weighted by Crippen LogP contribution is -2.42. The minimum absolute atomic E-state index is 0.338. The van der Waals surface area contributed by atoms with Gasteiger partial charge in [0.15, 0.2) is 0 Å². The zero-order valence-corrected chi connectivity index (χ0v) is 19.9. The van der Waals surface area contributed by atoms with Gasteiger partial charge in [0.05, 0.1) is 6.61 Å². The molecule has 3 aromatic carbocycles. The first-order valence-corrected chi connectivity index (χ1v) is 11.5. The number of ether oxygens (including phenoxy) is 2. The van der Waals surface area contributed by atoms with Crippen LogP contribution in [0.2, 0.25) is 0 Å². The van der Waals surface area contributed by atoms with Gasteiger partial charge in [-0.2, -0.15) is 0 Å². The predicted molar refractivity (Wildman–Crippen MR) is 136 cm³/mol. The fourth-order valence-electron chi connectivity index (χ4n) is 3.44. The molecule has 3 rings (SSSR count). The maximum Gasteiger partial charge on any atom is 0.350 e. The molecular formula is C29H33NO3. The van der Waals surface area contributed by atoms with Gasteiger partial charge in [0.25, 0.3) is 0 Å². The maximum absolute atomic E-state index is 12.2. The van der Waals surface area contributed by atoms with Gasteiger partial charge < -0.3 is 14.8 Å². The summed E-state index contributed by atoms with van der Waals surface area (Å²) < 4.78 is 11.1. The number of allylic oxidation sites excluding steroid dienone is 1. The molecule has 172 valence electrons. The summed E-state index contributed by atoms with van der Waals surface area (Å²) in [6.45, 7) is 8.64. The van der Waals surface area contributed by atoms with Gasteiger partial charge in [0.1, 0.15) is 5.75 Å². The molecule has 0 spiro atoms. The van der Waals surface area contributed by atoms with Gasteiger partial charge in [0.2, 0.25) is 5.60 Å². The van der Waals surface area contributed by atoms with E-state index < -0.39 is 5.60 Å². The second-order valence-electron chi connectivity index (χ2n) is 8.14. The van der Waals surface area contributed by atoms with Crippen LogP contribution < -0.4 is 10.1 Å². The van der Waals surface area contributed by atoms with Crippen molar-refractivity contribution in [3.05, 3.63) is 90.5 Å². The molecule has 0 unspecified atom stereocenters. The minimum atomic E-state index is -0.985. The highest BCUT2D eigenvalue weighted by atomic mass is 16.6. The van der Waals surface area contributed by atoms with E-state index in [1.165, 1.54) is 22.3 Å². The fourth-order valence-corrected chi connectivity index (χ4v) is 3.44. The third kappa shape index (κ3) is 6.48. The number of carbonyl (C=O) groups is 1. The number of benzene rings is 3. The SMILES string of the molecule is CCOC(=O)[C@@](C)(CC)Oc1ccc(NC/C=C(\C)c2ccc(-c3ccccc3)cc2)cc1. The monoisotopic (exact) mass is 443 g/mol. The Balaban J connectivity index is 1.56. The molecule has 0 amide bonds.